The Balaban J connectivity index is 1.54. The van der Waals surface area contributed by atoms with Gasteiger partial charge in [0.25, 0.3) is 0 Å². The maximum atomic E-state index is 9.46. The lowest BCUT2D eigenvalue weighted by Crippen LogP contribution is -2.54. The Kier molecular flexibility index (Phi) is 6.08. The Labute approximate surface area is 140 Å². The molecule has 0 aromatic carbocycles. The summed E-state index contributed by atoms with van der Waals surface area (Å²) in [7, 11) is 1.97. The van der Waals surface area contributed by atoms with Crippen molar-refractivity contribution in [2.45, 2.75) is 51.1 Å². The van der Waals surface area contributed by atoms with Crippen molar-refractivity contribution in [3.05, 3.63) is 18.0 Å². The molecule has 1 aliphatic carbocycles. The first kappa shape index (κ1) is 16.9. The highest BCUT2D eigenvalue weighted by Gasteiger charge is 2.28. The molecule has 1 atom stereocenters. The molecule has 130 valence electrons. The Bertz CT molecular complexity index is 469. The van der Waals surface area contributed by atoms with E-state index in [0.717, 1.165) is 38.5 Å². The van der Waals surface area contributed by atoms with E-state index in [4.69, 9.17) is 0 Å². The quantitative estimate of drug-likeness (QED) is 0.869. The van der Waals surface area contributed by atoms with Crippen LogP contribution in [0.15, 0.2) is 12.4 Å². The van der Waals surface area contributed by atoms with Gasteiger partial charge in [-0.25, -0.2) is 0 Å². The summed E-state index contributed by atoms with van der Waals surface area (Å²) in [4.78, 5) is 5.18. The van der Waals surface area contributed by atoms with Crippen molar-refractivity contribution >= 4 is 0 Å². The molecular formula is C18H32N4O. The summed E-state index contributed by atoms with van der Waals surface area (Å²) in [6, 6.07) is 0.507. The van der Waals surface area contributed by atoms with Crippen LogP contribution in [0.2, 0.25) is 0 Å². The largest absolute Gasteiger partial charge is 0.396 e. The van der Waals surface area contributed by atoms with E-state index < -0.39 is 0 Å². The van der Waals surface area contributed by atoms with Crippen LogP contribution in [0.3, 0.4) is 0 Å². The third-order valence-electron chi connectivity index (χ3n) is 5.53. The zero-order chi connectivity index (χ0) is 16.1. The van der Waals surface area contributed by atoms with E-state index in [-0.39, 0.29) is 0 Å². The molecule has 1 aliphatic heterocycles. The number of nitrogens with zero attached hydrogens (tertiary/aromatic N) is 4. The van der Waals surface area contributed by atoms with Crippen LogP contribution in [0.25, 0.3) is 0 Å². The van der Waals surface area contributed by atoms with Crippen molar-refractivity contribution in [3.8, 4) is 0 Å². The van der Waals surface area contributed by atoms with Gasteiger partial charge in [0, 0.05) is 64.2 Å². The van der Waals surface area contributed by atoms with Gasteiger partial charge in [0.15, 0.2) is 0 Å². The van der Waals surface area contributed by atoms with Crippen molar-refractivity contribution in [1.82, 2.24) is 19.6 Å². The molecule has 1 saturated carbocycles. The van der Waals surface area contributed by atoms with E-state index in [1.54, 1.807) is 0 Å². The molecule has 2 heterocycles. The van der Waals surface area contributed by atoms with E-state index in [2.05, 4.69) is 21.1 Å². The molecule has 5 heteroatoms. The zero-order valence-electron chi connectivity index (χ0n) is 14.5. The fourth-order valence-electron chi connectivity index (χ4n) is 4.28. The summed E-state index contributed by atoms with van der Waals surface area (Å²) in [5.41, 5.74) is 1.29. The number of rotatable bonds is 6. The minimum atomic E-state index is 0.298. The normalized spacial score (nSPS) is 25.0. The molecule has 2 fully saturated rings. The van der Waals surface area contributed by atoms with Crippen molar-refractivity contribution in [1.29, 1.82) is 0 Å². The summed E-state index contributed by atoms with van der Waals surface area (Å²) in [6.45, 7) is 5.86. The number of hydrogen-bond acceptors (Lipinski definition) is 4. The maximum Gasteiger partial charge on any atom is 0.0534 e. The molecule has 0 spiro atoms. The number of hydrogen-bond donors (Lipinski definition) is 1. The van der Waals surface area contributed by atoms with Crippen molar-refractivity contribution in [2.75, 3.05) is 32.8 Å². The smallest absolute Gasteiger partial charge is 0.0534 e. The average Bonchev–Trinajstić information content (AvgIpc) is 2.96. The lowest BCUT2D eigenvalue weighted by atomic mass is 9.88. The third kappa shape index (κ3) is 4.78. The number of aromatic nitrogens is 2. The number of piperazine rings is 1. The van der Waals surface area contributed by atoms with Gasteiger partial charge < -0.3 is 5.11 Å². The fourth-order valence-corrected chi connectivity index (χ4v) is 4.28. The molecule has 3 rings (SSSR count). The highest BCUT2D eigenvalue weighted by molar-refractivity contribution is 5.04. The number of aryl methyl sites for hydroxylation is 1. The molecule has 1 aromatic rings. The van der Waals surface area contributed by atoms with E-state index in [1.165, 1.54) is 44.2 Å². The van der Waals surface area contributed by atoms with Gasteiger partial charge in [-0.3, -0.25) is 14.5 Å². The van der Waals surface area contributed by atoms with Crippen LogP contribution in [0.5, 0.6) is 0 Å². The first-order valence-corrected chi connectivity index (χ1v) is 9.29. The highest BCUT2D eigenvalue weighted by atomic mass is 16.3. The summed E-state index contributed by atoms with van der Waals surface area (Å²) >= 11 is 0. The van der Waals surface area contributed by atoms with Crippen LogP contribution < -0.4 is 0 Å². The van der Waals surface area contributed by atoms with E-state index in [1.807, 2.05) is 17.9 Å². The van der Waals surface area contributed by atoms with Crippen LogP contribution >= 0.6 is 0 Å². The lowest BCUT2D eigenvalue weighted by Gasteiger charge is -2.43. The standard InChI is InChI=1S/C18H32N4O/c1-20-12-17(11-19-20)13-21-8-9-22(18(15-21)7-10-23)14-16-5-3-2-4-6-16/h11-12,16,18,23H,2-10,13-15H2,1H3/t18-/m0/s1. The fraction of sp³-hybridized carbons (Fsp3) is 0.833. The van der Waals surface area contributed by atoms with Crippen LogP contribution in [-0.2, 0) is 13.6 Å². The van der Waals surface area contributed by atoms with Crippen LogP contribution in [0.1, 0.15) is 44.1 Å². The minimum absolute atomic E-state index is 0.298. The Hall–Kier alpha value is -0.910. The Morgan fingerprint density at radius 3 is 2.74 bits per heavy atom. The van der Waals surface area contributed by atoms with E-state index in [0.29, 0.717) is 12.6 Å². The van der Waals surface area contributed by atoms with Crippen molar-refractivity contribution in [2.24, 2.45) is 13.0 Å². The van der Waals surface area contributed by atoms with E-state index >= 15 is 0 Å². The SMILES string of the molecule is Cn1cc(CN2CCN(CC3CCCCC3)[C@@H](CCO)C2)cn1. The van der Waals surface area contributed by atoms with Crippen molar-refractivity contribution in [3.63, 3.8) is 0 Å². The van der Waals surface area contributed by atoms with Gasteiger partial charge in [0.05, 0.1) is 6.20 Å². The summed E-state index contributed by atoms with van der Waals surface area (Å²) < 4.78 is 1.87. The monoisotopic (exact) mass is 320 g/mol. The molecule has 1 saturated heterocycles. The Morgan fingerprint density at radius 2 is 2.04 bits per heavy atom. The molecular weight excluding hydrogens is 288 g/mol. The van der Waals surface area contributed by atoms with Gasteiger partial charge in [-0.05, 0) is 25.2 Å². The molecule has 0 amide bonds. The molecule has 0 radical (unpaired) electrons. The van der Waals surface area contributed by atoms with E-state index in [9.17, 15) is 5.11 Å². The zero-order valence-corrected chi connectivity index (χ0v) is 14.5. The maximum absolute atomic E-state index is 9.46. The first-order valence-electron chi connectivity index (χ1n) is 9.29. The van der Waals surface area contributed by atoms with Gasteiger partial charge in [0.1, 0.15) is 0 Å². The van der Waals surface area contributed by atoms with Crippen LogP contribution in [0, 0.1) is 5.92 Å². The van der Waals surface area contributed by atoms with Crippen LogP contribution in [-0.4, -0.2) is 63.5 Å². The van der Waals surface area contributed by atoms with Gasteiger partial charge >= 0.3 is 0 Å². The molecule has 2 aliphatic rings. The second-order valence-electron chi connectivity index (χ2n) is 7.42. The topological polar surface area (TPSA) is 44.5 Å². The predicted molar refractivity (Wildman–Crippen MR) is 92.1 cm³/mol. The molecule has 1 aromatic heterocycles. The average molecular weight is 320 g/mol. The van der Waals surface area contributed by atoms with Gasteiger partial charge in [-0.2, -0.15) is 5.10 Å². The summed E-state index contributed by atoms with van der Waals surface area (Å²) in [5, 5.41) is 13.7. The lowest BCUT2D eigenvalue weighted by molar-refractivity contribution is 0.0400. The molecule has 23 heavy (non-hydrogen) atoms. The summed E-state index contributed by atoms with van der Waals surface area (Å²) in [6.07, 6.45) is 12.0. The van der Waals surface area contributed by atoms with Gasteiger partial charge in [-0.1, -0.05) is 19.3 Å². The molecule has 0 bridgehead atoms. The molecule has 0 unspecified atom stereocenters. The van der Waals surface area contributed by atoms with Crippen LogP contribution in [0.4, 0.5) is 0 Å². The second-order valence-corrected chi connectivity index (χ2v) is 7.42. The third-order valence-corrected chi connectivity index (χ3v) is 5.53. The number of aliphatic hydroxyl groups excluding tert-OH is 1. The summed E-state index contributed by atoms with van der Waals surface area (Å²) in [5.74, 6) is 0.884. The first-order chi connectivity index (χ1) is 11.2. The minimum Gasteiger partial charge on any atom is -0.396 e. The molecule has 1 N–H and O–H groups in total. The highest BCUT2D eigenvalue weighted by Crippen LogP contribution is 2.26. The number of aliphatic hydroxyl groups is 1. The van der Waals surface area contributed by atoms with Gasteiger partial charge in [-0.15, -0.1) is 0 Å². The van der Waals surface area contributed by atoms with Gasteiger partial charge in [0.2, 0.25) is 0 Å². The second kappa shape index (κ2) is 8.27. The predicted octanol–water partition coefficient (Wildman–Crippen LogP) is 1.87. The van der Waals surface area contributed by atoms with Crippen molar-refractivity contribution < 1.29 is 5.11 Å². The Morgan fingerprint density at radius 1 is 1.22 bits per heavy atom. The molecule has 5 nitrogen and oxygen atoms in total.